The molecule has 230 valence electrons. The van der Waals surface area contributed by atoms with E-state index in [0.717, 1.165) is 24.8 Å². The molecule has 3 fully saturated rings. The maximum atomic E-state index is 13.2. The smallest absolute Gasteiger partial charge is 0.415 e. The van der Waals surface area contributed by atoms with Crippen molar-refractivity contribution in [2.24, 2.45) is 0 Å². The molecule has 5 atom stereocenters. The number of nitrogens with zero attached hydrogens (tertiary/aromatic N) is 4. The molecule has 12 heteroatoms. The molecule has 0 saturated carbocycles. The van der Waals surface area contributed by atoms with Crippen LogP contribution in [-0.2, 0) is 28.4 Å². The number of carbonyl (C=O) groups is 1. The van der Waals surface area contributed by atoms with Crippen molar-refractivity contribution in [2.75, 3.05) is 31.3 Å². The summed E-state index contributed by atoms with van der Waals surface area (Å²) in [5, 5.41) is 0.325. The SMILES string of the molecule is C=C(CN(C(=O)OCC)c1cc(Cl)c2ncn([C@@H]3O[C@H](COC4CCCCO4)[C@H]4OC(C)(C)O[C@H]43)c2n1)c1ccccc1. The minimum Gasteiger partial charge on any atom is -0.449 e. The van der Waals surface area contributed by atoms with Crippen LogP contribution in [0.3, 0.4) is 0 Å². The Labute approximate surface area is 255 Å². The first-order valence-corrected chi connectivity index (χ1v) is 15.1. The third-order valence-corrected chi connectivity index (χ3v) is 8.04. The number of pyridine rings is 1. The minimum absolute atomic E-state index is 0.143. The fraction of sp³-hybridized carbons (Fsp3) is 0.516. The summed E-state index contributed by atoms with van der Waals surface area (Å²) >= 11 is 6.73. The highest BCUT2D eigenvalue weighted by Gasteiger charge is 2.56. The Morgan fingerprint density at radius 2 is 2.00 bits per heavy atom. The standard InChI is InChI=1S/C31H37ClN4O7/c1-5-38-30(37)35(16-19(2)20-11-7-6-8-12-20)23-15-21(32)25-28(34-23)36(18-33-25)29-27-26(42-31(3,4)43-27)22(41-29)17-40-24-13-9-10-14-39-24/h6-8,11-12,15,18,22,24,26-27,29H,2,5,9-10,13-14,16-17H2,1,3-4H3/t22-,24?,26-,27-,29-/m1/s1. The molecule has 11 nitrogen and oxygen atoms in total. The van der Waals surface area contributed by atoms with Crippen LogP contribution in [0.1, 0.15) is 51.8 Å². The van der Waals surface area contributed by atoms with Gasteiger partial charge < -0.3 is 28.4 Å². The molecule has 3 aromatic rings. The fourth-order valence-corrected chi connectivity index (χ4v) is 5.97. The number of rotatable bonds is 9. The highest BCUT2D eigenvalue weighted by Crippen LogP contribution is 2.44. The lowest BCUT2D eigenvalue weighted by molar-refractivity contribution is -0.219. The molecule has 1 unspecified atom stereocenters. The van der Waals surface area contributed by atoms with Crippen molar-refractivity contribution in [1.82, 2.24) is 14.5 Å². The normalized spacial score (nSPS) is 26.4. The lowest BCUT2D eigenvalue weighted by Crippen LogP contribution is -2.35. The van der Waals surface area contributed by atoms with Crippen LogP contribution in [0.25, 0.3) is 16.7 Å². The summed E-state index contributed by atoms with van der Waals surface area (Å²) in [6.07, 6.45) is 1.85. The number of hydrogen-bond acceptors (Lipinski definition) is 9. The largest absolute Gasteiger partial charge is 0.449 e. The first-order valence-electron chi connectivity index (χ1n) is 14.7. The van der Waals surface area contributed by atoms with Gasteiger partial charge in [0.25, 0.3) is 0 Å². The third-order valence-electron chi connectivity index (χ3n) is 7.75. The van der Waals surface area contributed by atoms with Crippen LogP contribution >= 0.6 is 11.6 Å². The lowest BCUT2D eigenvalue weighted by Gasteiger charge is -2.27. The van der Waals surface area contributed by atoms with Crippen molar-refractivity contribution in [3.8, 4) is 0 Å². The zero-order valence-corrected chi connectivity index (χ0v) is 25.4. The summed E-state index contributed by atoms with van der Waals surface area (Å²) in [7, 11) is 0. The summed E-state index contributed by atoms with van der Waals surface area (Å²) in [6.45, 7) is 11.0. The summed E-state index contributed by atoms with van der Waals surface area (Å²) < 4.78 is 38.1. The van der Waals surface area contributed by atoms with Gasteiger partial charge in [0, 0.05) is 12.7 Å². The van der Waals surface area contributed by atoms with E-state index in [9.17, 15) is 4.79 Å². The molecule has 3 saturated heterocycles. The molecule has 0 N–H and O–H groups in total. The Morgan fingerprint density at radius 1 is 1.21 bits per heavy atom. The predicted molar refractivity (Wildman–Crippen MR) is 160 cm³/mol. The highest BCUT2D eigenvalue weighted by atomic mass is 35.5. The van der Waals surface area contributed by atoms with Crippen molar-refractivity contribution in [3.05, 3.63) is 59.9 Å². The Balaban J connectivity index is 1.31. The summed E-state index contributed by atoms with van der Waals surface area (Å²) in [5.74, 6) is -0.523. The summed E-state index contributed by atoms with van der Waals surface area (Å²) in [6, 6.07) is 11.2. The lowest BCUT2D eigenvalue weighted by atomic mass is 10.1. The molecule has 3 aliphatic heterocycles. The van der Waals surface area contributed by atoms with Crippen molar-refractivity contribution >= 4 is 40.2 Å². The number of benzene rings is 1. The molecule has 0 aliphatic carbocycles. The monoisotopic (exact) mass is 612 g/mol. The highest BCUT2D eigenvalue weighted by molar-refractivity contribution is 6.35. The number of ether oxygens (including phenoxy) is 6. The van der Waals surface area contributed by atoms with Gasteiger partial charge >= 0.3 is 6.09 Å². The molecule has 1 aromatic carbocycles. The van der Waals surface area contributed by atoms with E-state index in [-0.39, 0.29) is 32.2 Å². The van der Waals surface area contributed by atoms with E-state index in [1.807, 2.05) is 44.2 Å². The second-order valence-corrected chi connectivity index (χ2v) is 11.7. The molecular weight excluding hydrogens is 576 g/mol. The van der Waals surface area contributed by atoms with Crippen LogP contribution in [-0.4, -0.2) is 77.4 Å². The maximum absolute atomic E-state index is 13.2. The number of anilines is 1. The number of fused-ring (bicyclic) bond motifs is 2. The Hall–Kier alpha value is -3.06. The molecule has 6 rings (SSSR count). The van der Waals surface area contributed by atoms with Crippen molar-refractivity contribution in [3.63, 3.8) is 0 Å². The van der Waals surface area contributed by atoms with Crippen molar-refractivity contribution in [1.29, 1.82) is 0 Å². The van der Waals surface area contributed by atoms with Gasteiger partial charge in [0.05, 0.1) is 31.1 Å². The van der Waals surface area contributed by atoms with Gasteiger partial charge in [-0.3, -0.25) is 9.47 Å². The first kappa shape index (κ1) is 30.0. The van der Waals surface area contributed by atoms with Gasteiger partial charge in [0.2, 0.25) is 0 Å². The molecular formula is C31H37ClN4O7. The van der Waals surface area contributed by atoms with Crippen molar-refractivity contribution in [2.45, 2.75) is 76.7 Å². The van der Waals surface area contributed by atoms with E-state index in [4.69, 9.17) is 45.0 Å². The Bertz CT molecular complexity index is 1460. The van der Waals surface area contributed by atoms with Gasteiger partial charge in [-0.05, 0) is 51.2 Å². The minimum atomic E-state index is -0.817. The van der Waals surface area contributed by atoms with E-state index in [1.165, 1.54) is 4.90 Å². The fourth-order valence-electron chi connectivity index (χ4n) is 5.74. The molecule has 5 heterocycles. The van der Waals surface area contributed by atoms with E-state index in [1.54, 1.807) is 23.9 Å². The number of amides is 1. The average molecular weight is 613 g/mol. The number of imidazole rings is 1. The zero-order chi connectivity index (χ0) is 30.1. The van der Waals surface area contributed by atoms with E-state index < -0.39 is 30.3 Å². The van der Waals surface area contributed by atoms with Gasteiger partial charge in [-0.15, -0.1) is 0 Å². The van der Waals surface area contributed by atoms with E-state index in [0.29, 0.717) is 34.2 Å². The quantitative estimate of drug-likeness (QED) is 0.300. The Kier molecular flexibility index (Phi) is 8.72. The average Bonchev–Trinajstić information content (AvgIpc) is 3.66. The second kappa shape index (κ2) is 12.5. The Morgan fingerprint density at radius 3 is 2.74 bits per heavy atom. The van der Waals surface area contributed by atoms with E-state index >= 15 is 0 Å². The topological polar surface area (TPSA) is 106 Å². The molecule has 1 amide bonds. The van der Waals surface area contributed by atoms with Crippen LogP contribution in [0.15, 0.2) is 49.3 Å². The van der Waals surface area contributed by atoms with Gasteiger partial charge in [-0.1, -0.05) is 48.5 Å². The van der Waals surface area contributed by atoms with Gasteiger partial charge in [0.15, 0.2) is 24.0 Å². The van der Waals surface area contributed by atoms with Crippen molar-refractivity contribution < 1.29 is 33.2 Å². The van der Waals surface area contributed by atoms with Crippen LogP contribution in [0.5, 0.6) is 0 Å². The molecule has 2 aromatic heterocycles. The number of hydrogen-bond donors (Lipinski definition) is 0. The van der Waals surface area contributed by atoms with Gasteiger partial charge in [-0.2, -0.15) is 0 Å². The number of halogens is 1. The second-order valence-electron chi connectivity index (χ2n) is 11.3. The molecule has 0 spiro atoms. The molecule has 43 heavy (non-hydrogen) atoms. The van der Waals surface area contributed by atoms with Crippen LogP contribution in [0.4, 0.5) is 10.6 Å². The maximum Gasteiger partial charge on any atom is 0.415 e. The predicted octanol–water partition coefficient (Wildman–Crippen LogP) is 5.72. The number of carbonyl (C=O) groups excluding carboxylic acids is 1. The molecule has 0 radical (unpaired) electrons. The third kappa shape index (κ3) is 6.29. The van der Waals surface area contributed by atoms with Crippen LogP contribution in [0.2, 0.25) is 5.02 Å². The number of aromatic nitrogens is 3. The van der Waals surface area contributed by atoms with E-state index in [2.05, 4.69) is 11.6 Å². The summed E-state index contributed by atoms with van der Waals surface area (Å²) in [4.78, 5) is 24.0. The first-order chi connectivity index (χ1) is 20.7. The molecule has 0 bridgehead atoms. The van der Waals surface area contributed by atoms with Crippen LogP contribution < -0.4 is 4.90 Å². The zero-order valence-electron chi connectivity index (χ0n) is 24.6. The molecule has 3 aliphatic rings. The van der Waals surface area contributed by atoms with Gasteiger partial charge in [-0.25, -0.2) is 14.8 Å². The van der Waals surface area contributed by atoms with Gasteiger partial charge in [0.1, 0.15) is 29.6 Å². The summed E-state index contributed by atoms with van der Waals surface area (Å²) in [5.41, 5.74) is 2.50. The van der Waals surface area contributed by atoms with Crippen LogP contribution in [0, 0.1) is 0 Å².